The largest absolute Gasteiger partial charge is 0.489 e. The second-order valence-electron chi connectivity index (χ2n) is 6.50. The molecule has 0 aliphatic rings. The summed E-state index contributed by atoms with van der Waals surface area (Å²) in [4.78, 5) is 12.2. The summed E-state index contributed by atoms with van der Waals surface area (Å²) in [6.45, 7) is 2.74. The Labute approximate surface area is 170 Å². The Morgan fingerprint density at radius 3 is 2.32 bits per heavy atom. The fraction of sp³-hybridized carbons (Fsp3) is 0.174. The highest BCUT2D eigenvalue weighted by Crippen LogP contribution is 2.18. The lowest BCUT2D eigenvalue weighted by Crippen LogP contribution is -2.30. The van der Waals surface area contributed by atoms with Crippen LogP contribution < -0.4 is 15.4 Å². The third kappa shape index (κ3) is 6.12. The van der Waals surface area contributed by atoms with E-state index in [1.807, 2.05) is 85.8 Å². The Hall–Kier alpha value is -2.82. The van der Waals surface area contributed by atoms with Gasteiger partial charge >= 0.3 is 0 Å². The van der Waals surface area contributed by atoms with Gasteiger partial charge in [-0.15, -0.1) is 0 Å². The molecule has 0 saturated carbocycles. The van der Waals surface area contributed by atoms with E-state index in [9.17, 15) is 4.79 Å². The van der Waals surface area contributed by atoms with E-state index in [1.165, 1.54) is 0 Å². The monoisotopic (exact) mass is 394 g/mol. The van der Waals surface area contributed by atoms with E-state index in [0.717, 1.165) is 22.6 Å². The van der Waals surface area contributed by atoms with Crippen LogP contribution in [0.15, 0.2) is 78.9 Å². The first-order chi connectivity index (χ1) is 13.6. The number of hydrogen-bond acceptors (Lipinski definition) is 3. The summed E-state index contributed by atoms with van der Waals surface area (Å²) < 4.78 is 5.75. The molecule has 0 radical (unpaired) electrons. The standard InChI is InChI=1S/C23H23ClN2O2/c1-17(19-5-3-2-4-6-19)25-15-23(27)26-21-11-13-22(14-12-21)28-16-18-7-9-20(24)10-8-18/h2-14,17,25H,15-16H2,1H3,(H,26,27). The Kier molecular flexibility index (Phi) is 7.06. The van der Waals surface area contributed by atoms with E-state index >= 15 is 0 Å². The van der Waals surface area contributed by atoms with E-state index in [4.69, 9.17) is 16.3 Å². The van der Waals surface area contributed by atoms with Crippen LogP contribution in [0.3, 0.4) is 0 Å². The number of rotatable bonds is 8. The van der Waals surface area contributed by atoms with Crippen molar-refractivity contribution in [2.45, 2.75) is 19.6 Å². The normalized spacial score (nSPS) is 11.6. The Balaban J connectivity index is 1.44. The molecule has 0 heterocycles. The highest BCUT2D eigenvalue weighted by Gasteiger charge is 2.08. The predicted molar refractivity (Wildman–Crippen MR) is 114 cm³/mol. The summed E-state index contributed by atoms with van der Waals surface area (Å²) in [6, 6.07) is 25.0. The van der Waals surface area contributed by atoms with Crippen molar-refractivity contribution in [3.8, 4) is 5.75 Å². The van der Waals surface area contributed by atoms with E-state index in [-0.39, 0.29) is 18.5 Å². The molecule has 3 aromatic carbocycles. The first-order valence-electron chi connectivity index (χ1n) is 9.15. The van der Waals surface area contributed by atoms with E-state index in [2.05, 4.69) is 10.6 Å². The van der Waals surface area contributed by atoms with Crippen LogP contribution >= 0.6 is 11.6 Å². The first-order valence-corrected chi connectivity index (χ1v) is 9.53. The number of hydrogen-bond donors (Lipinski definition) is 2. The van der Waals surface area contributed by atoms with Gasteiger partial charge in [0, 0.05) is 16.8 Å². The molecule has 0 saturated heterocycles. The number of anilines is 1. The molecule has 1 unspecified atom stereocenters. The molecule has 0 aliphatic carbocycles. The average Bonchev–Trinajstić information content (AvgIpc) is 2.73. The van der Waals surface area contributed by atoms with E-state index in [0.29, 0.717) is 11.6 Å². The highest BCUT2D eigenvalue weighted by atomic mass is 35.5. The first kappa shape index (κ1) is 19.9. The fourth-order valence-electron chi connectivity index (χ4n) is 2.69. The highest BCUT2D eigenvalue weighted by molar-refractivity contribution is 6.30. The lowest BCUT2D eigenvalue weighted by atomic mass is 10.1. The zero-order valence-corrected chi connectivity index (χ0v) is 16.4. The molecular formula is C23H23ClN2O2. The summed E-state index contributed by atoms with van der Waals surface area (Å²) in [6.07, 6.45) is 0. The van der Waals surface area contributed by atoms with Gasteiger partial charge in [0.05, 0.1) is 6.54 Å². The Morgan fingerprint density at radius 2 is 1.64 bits per heavy atom. The van der Waals surface area contributed by atoms with Crippen molar-refractivity contribution >= 4 is 23.2 Å². The fourth-order valence-corrected chi connectivity index (χ4v) is 2.82. The molecule has 144 valence electrons. The summed E-state index contributed by atoms with van der Waals surface area (Å²) >= 11 is 5.88. The minimum absolute atomic E-state index is 0.0855. The quantitative estimate of drug-likeness (QED) is 0.551. The zero-order chi connectivity index (χ0) is 19.8. The predicted octanol–water partition coefficient (Wildman–Crippen LogP) is 5.21. The second kappa shape index (κ2) is 9.93. The van der Waals surface area contributed by atoms with Gasteiger partial charge < -0.3 is 15.4 Å². The molecule has 0 bridgehead atoms. The molecule has 5 heteroatoms. The molecular weight excluding hydrogens is 372 g/mol. The third-order valence-corrected chi connectivity index (χ3v) is 4.58. The van der Waals surface area contributed by atoms with Gasteiger partial charge in [0.25, 0.3) is 0 Å². The lowest BCUT2D eigenvalue weighted by molar-refractivity contribution is -0.115. The number of ether oxygens (including phenoxy) is 1. The van der Waals surface area contributed by atoms with Gasteiger partial charge in [-0.25, -0.2) is 0 Å². The van der Waals surface area contributed by atoms with Crippen molar-refractivity contribution in [3.05, 3.63) is 95.0 Å². The maximum atomic E-state index is 12.2. The van der Waals surface area contributed by atoms with Crippen molar-refractivity contribution in [2.75, 3.05) is 11.9 Å². The summed E-state index contributed by atoms with van der Waals surface area (Å²) in [5.74, 6) is 0.654. The van der Waals surface area contributed by atoms with Gasteiger partial charge in [0.2, 0.25) is 5.91 Å². The number of carbonyl (C=O) groups is 1. The topological polar surface area (TPSA) is 50.4 Å². The van der Waals surface area contributed by atoms with E-state index < -0.39 is 0 Å². The van der Waals surface area contributed by atoms with Gasteiger partial charge in [-0.3, -0.25) is 4.79 Å². The molecule has 0 fully saturated rings. The van der Waals surface area contributed by atoms with Crippen LogP contribution in [0.5, 0.6) is 5.75 Å². The van der Waals surface area contributed by atoms with Crippen molar-refractivity contribution in [1.82, 2.24) is 5.32 Å². The summed E-state index contributed by atoms with van der Waals surface area (Å²) in [5, 5.41) is 6.82. The summed E-state index contributed by atoms with van der Waals surface area (Å²) in [7, 11) is 0. The average molecular weight is 395 g/mol. The molecule has 28 heavy (non-hydrogen) atoms. The second-order valence-corrected chi connectivity index (χ2v) is 6.94. The molecule has 0 aromatic heterocycles. The number of benzene rings is 3. The van der Waals surface area contributed by atoms with Crippen molar-refractivity contribution < 1.29 is 9.53 Å². The van der Waals surface area contributed by atoms with Crippen LogP contribution in [0.4, 0.5) is 5.69 Å². The molecule has 2 N–H and O–H groups in total. The van der Waals surface area contributed by atoms with Gasteiger partial charge in [-0.2, -0.15) is 0 Å². The van der Waals surface area contributed by atoms with Crippen molar-refractivity contribution in [3.63, 3.8) is 0 Å². The molecule has 1 amide bonds. The van der Waals surface area contributed by atoms with Gasteiger partial charge in [-0.05, 0) is 54.4 Å². The maximum absolute atomic E-state index is 12.2. The molecule has 0 aliphatic heterocycles. The van der Waals surface area contributed by atoms with Gasteiger partial charge in [0.1, 0.15) is 12.4 Å². The van der Waals surface area contributed by atoms with E-state index in [1.54, 1.807) is 0 Å². The SMILES string of the molecule is CC(NCC(=O)Nc1ccc(OCc2ccc(Cl)cc2)cc1)c1ccccc1. The lowest BCUT2D eigenvalue weighted by Gasteiger charge is -2.14. The molecule has 0 spiro atoms. The van der Waals surface area contributed by atoms with Crippen LogP contribution in [0.1, 0.15) is 24.1 Å². The Morgan fingerprint density at radius 1 is 0.964 bits per heavy atom. The number of amides is 1. The van der Waals surface area contributed by atoms with Crippen LogP contribution in [0, 0.1) is 0 Å². The summed E-state index contributed by atoms with van der Waals surface area (Å²) in [5.41, 5.74) is 2.93. The van der Waals surface area contributed by atoms with Gasteiger partial charge in [0.15, 0.2) is 0 Å². The maximum Gasteiger partial charge on any atom is 0.238 e. The van der Waals surface area contributed by atoms with Crippen molar-refractivity contribution in [2.24, 2.45) is 0 Å². The number of nitrogens with one attached hydrogen (secondary N) is 2. The molecule has 4 nitrogen and oxygen atoms in total. The zero-order valence-electron chi connectivity index (χ0n) is 15.7. The van der Waals surface area contributed by atoms with Crippen molar-refractivity contribution in [1.29, 1.82) is 0 Å². The molecule has 3 aromatic rings. The third-order valence-electron chi connectivity index (χ3n) is 4.33. The Bertz CT molecular complexity index is 881. The van der Waals surface area contributed by atoms with Crippen LogP contribution in [0.25, 0.3) is 0 Å². The van der Waals surface area contributed by atoms with Crippen LogP contribution in [0.2, 0.25) is 5.02 Å². The minimum atomic E-state index is -0.0855. The molecule has 3 rings (SSSR count). The van der Waals surface area contributed by atoms with Gasteiger partial charge in [-0.1, -0.05) is 54.1 Å². The number of carbonyl (C=O) groups excluding carboxylic acids is 1. The smallest absolute Gasteiger partial charge is 0.238 e. The van der Waals surface area contributed by atoms with Crippen LogP contribution in [-0.4, -0.2) is 12.5 Å². The van der Waals surface area contributed by atoms with Crippen LogP contribution in [-0.2, 0) is 11.4 Å². The molecule has 1 atom stereocenters. The minimum Gasteiger partial charge on any atom is -0.489 e. The number of halogens is 1.